The van der Waals surface area contributed by atoms with Gasteiger partial charge in [0.2, 0.25) is 0 Å². The fourth-order valence-corrected chi connectivity index (χ4v) is 2.47. The molecule has 1 amide bonds. The number of hydrogen-bond donors (Lipinski definition) is 0. The number of aromatic nitrogens is 3. The molecule has 5 nitrogen and oxygen atoms in total. The van der Waals surface area contributed by atoms with Gasteiger partial charge in [0, 0.05) is 31.3 Å². The van der Waals surface area contributed by atoms with Crippen molar-refractivity contribution in [3.63, 3.8) is 0 Å². The van der Waals surface area contributed by atoms with Crippen LogP contribution >= 0.6 is 0 Å². The van der Waals surface area contributed by atoms with E-state index in [4.69, 9.17) is 0 Å². The van der Waals surface area contributed by atoms with Crippen LogP contribution in [0.5, 0.6) is 0 Å². The Balaban J connectivity index is 2.02. The smallest absolute Gasteiger partial charge is 0.254 e. The fourth-order valence-electron chi connectivity index (χ4n) is 2.47. The molecule has 2 heterocycles. The number of fused-ring (bicyclic) bond motifs is 1. The number of benzene rings is 1. The maximum Gasteiger partial charge on any atom is 0.254 e. The van der Waals surface area contributed by atoms with E-state index in [0.717, 1.165) is 35.5 Å². The number of carbonyl (C=O) groups excluding carboxylic acids is 1. The van der Waals surface area contributed by atoms with Gasteiger partial charge in [0.25, 0.3) is 5.91 Å². The van der Waals surface area contributed by atoms with Gasteiger partial charge in [-0.05, 0) is 24.1 Å². The van der Waals surface area contributed by atoms with Crippen molar-refractivity contribution >= 4 is 5.91 Å². The van der Waals surface area contributed by atoms with E-state index in [1.165, 1.54) is 0 Å². The first-order chi connectivity index (χ1) is 9.20. The van der Waals surface area contributed by atoms with Crippen LogP contribution < -0.4 is 0 Å². The average molecular weight is 256 g/mol. The summed E-state index contributed by atoms with van der Waals surface area (Å²) in [4.78, 5) is 17.9. The molecule has 0 atom stereocenters. The summed E-state index contributed by atoms with van der Waals surface area (Å²) in [6.07, 6.45) is 2.60. The lowest BCUT2D eigenvalue weighted by atomic mass is 10.1. The zero-order valence-corrected chi connectivity index (χ0v) is 11.1. The van der Waals surface area contributed by atoms with Crippen LogP contribution in [0.25, 0.3) is 11.4 Å². The predicted molar refractivity (Wildman–Crippen MR) is 71.5 cm³/mol. The molecule has 19 heavy (non-hydrogen) atoms. The van der Waals surface area contributed by atoms with Crippen molar-refractivity contribution in [1.29, 1.82) is 0 Å². The molecule has 0 saturated heterocycles. The Hall–Kier alpha value is -2.17. The van der Waals surface area contributed by atoms with Gasteiger partial charge < -0.3 is 4.90 Å². The summed E-state index contributed by atoms with van der Waals surface area (Å²) in [7, 11) is 1.82. The molecule has 1 aromatic carbocycles. The SMILES string of the molecule is CCCn1ncnc1-c1ccc2c(c1)CN(C)C2=O. The lowest BCUT2D eigenvalue weighted by Gasteiger charge is -2.06. The van der Waals surface area contributed by atoms with Crippen molar-refractivity contribution < 1.29 is 4.79 Å². The third-order valence-electron chi connectivity index (χ3n) is 3.40. The lowest BCUT2D eigenvalue weighted by molar-refractivity contribution is 0.0816. The van der Waals surface area contributed by atoms with E-state index in [-0.39, 0.29) is 5.91 Å². The van der Waals surface area contributed by atoms with E-state index in [0.29, 0.717) is 6.54 Å². The Labute approximate surface area is 111 Å². The van der Waals surface area contributed by atoms with E-state index in [1.54, 1.807) is 11.2 Å². The molecule has 0 unspecified atom stereocenters. The highest BCUT2D eigenvalue weighted by molar-refractivity contribution is 5.98. The Kier molecular flexibility index (Phi) is 2.81. The standard InChI is InChI=1S/C14H16N4O/c1-3-6-18-13(15-9-16-18)10-4-5-12-11(7-10)8-17(2)14(12)19/h4-5,7,9H,3,6,8H2,1-2H3. The highest BCUT2D eigenvalue weighted by atomic mass is 16.2. The second-order valence-corrected chi connectivity index (χ2v) is 4.84. The Morgan fingerprint density at radius 1 is 1.37 bits per heavy atom. The summed E-state index contributed by atoms with van der Waals surface area (Å²) in [5, 5.41) is 4.23. The molecule has 0 spiro atoms. The van der Waals surface area contributed by atoms with Gasteiger partial charge >= 0.3 is 0 Å². The first-order valence-corrected chi connectivity index (χ1v) is 6.47. The predicted octanol–water partition coefficient (Wildman–Crippen LogP) is 1.94. The van der Waals surface area contributed by atoms with Crippen molar-refractivity contribution in [2.75, 3.05) is 7.05 Å². The van der Waals surface area contributed by atoms with Crippen LogP contribution in [0.1, 0.15) is 29.3 Å². The maximum absolute atomic E-state index is 11.9. The van der Waals surface area contributed by atoms with E-state index in [2.05, 4.69) is 17.0 Å². The minimum Gasteiger partial charge on any atom is -0.337 e. The molecule has 98 valence electrons. The van der Waals surface area contributed by atoms with Crippen LogP contribution in [-0.2, 0) is 13.1 Å². The highest BCUT2D eigenvalue weighted by Crippen LogP contribution is 2.26. The first kappa shape index (κ1) is 11.9. The molecule has 3 rings (SSSR count). The monoisotopic (exact) mass is 256 g/mol. The first-order valence-electron chi connectivity index (χ1n) is 6.47. The number of carbonyl (C=O) groups is 1. The zero-order chi connectivity index (χ0) is 13.4. The number of hydrogen-bond acceptors (Lipinski definition) is 3. The van der Waals surface area contributed by atoms with Gasteiger partial charge in [-0.15, -0.1) is 0 Å². The van der Waals surface area contributed by atoms with E-state index >= 15 is 0 Å². The molecule has 0 aliphatic carbocycles. The van der Waals surface area contributed by atoms with Gasteiger partial charge in [0.05, 0.1) is 0 Å². The highest BCUT2D eigenvalue weighted by Gasteiger charge is 2.24. The molecule has 1 aliphatic rings. The second kappa shape index (κ2) is 4.50. The van der Waals surface area contributed by atoms with Crippen molar-refractivity contribution in [3.05, 3.63) is 35.7 Å². The van der Waals surface area contributed by atoms with Crippen molar-refractivity contribution in [1.82, 2.24) is 19.7 Å². The van der Waals surface area contributed by atoms with Crippen LogP contribution in [0.15, 0.2) is 24.5 Å². The van der Waals surface area contributed by atoms with Crippen molar-refractivity contribution in [3.8, 4) is 11.4 Å². The maximum atomic E-state index is 11.9. The summed E-state index contributed by atoms with van der Waals surface area (Å²) in [6, 6.07) is 5.89. The molecule has 1 aliphatic heterocycles. The van der Waals surface area contributed by atoms with Crippen LogP contribution in [0, 0.1) is 0 Å². The molecule has 2 aromatic rings. The largest absolute Gasteiger partial charge is 0.337 e. The van der Waals surface area contributed by atoms with Crippen molar-refractivity contribution in [2.24, 2.45) is 0 Å². The van der Waals surface area contributed by atoms with Gasteiger partial charge in [-0.1, -0.05) is 13.0 Å². The van der Waals surface area contributed by atoms with Gasteiger partial charge in [-0.3, -0.25) is 4.79 Å². The van der Waals surface area contributed by atoms with E-state index in [9.17, 15) is 4.79 Å². The normalized spacial score (nSPS) is 14.0. The summed E-state index contributed by atoms with van der Waals surface area (Å²) in [5.41, 5.74) is 2.89. The molecule has 0 bridgehead atoms. The van der Waals surface area contributed by atoms with E-state index in [1.807, 2.05) is 29.9 Å². The third kappa shape index (κ3) is 1.91. The minimum absolute atomic E-state index is 0.0941. The van der Waals surface area contributed by atoms with Gasteiger partial charge in [-0.2, -0.15) is 5.10 Å². The number of nitrogens with zero attached hydrogens (tertiary/aromatic N) is 4. The average Bonchev–Trinajstić information content (AvgIpc) is 2.96. The fraction of sp³-hybridized carbons (Fsp3) is 0.357. The summed E-state index contributed by atoms with van der Waals surface area (Å²) < 4.78 is 1.90. The lowest BCUT2D eigenvalue weighted by Crippen LogP contribution is -2.17. The quantitative estimate of drug-likeness (QED) is 0.843. The molecule has 5 heteroatoms. The molecule has 0 radical (unpaired) electrons. The topological polar surface area (TPSA) is 51.0 Å². The number of amides is 1. The van der Waals surface area contributed by atoms with Crippen LogP contribution in [0.2, 0.25) is 0 Å². The minimum atomic E-state index is 0.0941. The van der Waals surface area contributed by atoms with Gasteiger partial charge in [0.1, 0.15) is 6.33 Å². The van der Waals surface area contributed by atoms with Gasteiger partial charge in [-0.25, -0.2) is 9.67 Å². The molecule has 1 aromatic heterocycles. The molecule has 0 N–H and O–H groups in total. The Morgan fingerprint density at radius 3 is 3.00 bits per heavy atom. The summed E-state index contributed by atoms with van der Waals surface area (Å²) in [6.45, 7) is 3.64. The number of aryl methyl sites for hydroxylation is 1. The summed E-state index contributed by atoms with van der Waals surface area (Å²) in [5.74, 6) is 0.961. The molecular formula is C14H16N4O. The second-order valence-electron chi connectivity index (χ2n) is 4.84. The van der Waals surface area contributed by atoms with Crippen molar-refractivity contribution in [2.45, 2.75) is 26.4 Å². The third-order valence-corrected chi connectivity index (χ3v) is 3.40. The van der Waals surface area contributed by atoms with E-state index < -0.39 is 0 Å². The molecule has 0 fully saturated rings. The zero-order valence-electron chi connectivity index (χ0n) is 11.1. The Bertz CT molecular complexity index is 632. The van der Waals surface area contributed by atoms with Crippen LogP contribution in [0.4, 0.5) is 0 Å². The summed E-state index contributed by atoms with van der Waals surface area (Å²) >= 11 is 0. The molecular weight excluding hydrogens is 240 g/mol. The molecule has 0 saturated carbocycles. The van der Waals surface area contributed by atoms with Gasteiger partial charge in [0.15, 0.2) is 5.82 Å². The Morgan fingerprint density at radius 2 is 2.21 bits per heavy atom. The van der Waals surface area contributed by atoms with Crippen LogP contribution in [0.3, 0.4) is 0 Å². The van der Waals surface area contributed by atoms with Crippen LogP contribution in [-0.4, -0.2) is 32.6 Å². The number of rotatable bonds is 3.